The van der Waals surface area contributed by atoms with Crippen LogP contribution in [0.5, 0.6) is 0 Å². The van der Waals surface area contributed by atoms with Gasteiger partial charge in [-0.15, -0.1) is 48.0 Å². The van der Waals surface area contributed by atoms with Crippen LogP contribution in [0.3, 0.4) is 0 Å². The van der Waals surface area contributed by atoms with Crippen LogP contribution in [0.2, 0.25) is 0 Å². The van der Waals surface area contributed by atoms with Crippen molar-refractivity contribution >= 4 is 97.7 Å². The highest BCUT2D eigenvalue weighted by Crippen LogP contribution is 2.24. The molecule has 0 atom stereocenters. The van der Waals surface area contributed by atoms with Gasteiger partial charge in [0.2, 0.25) is 16.6 Å². The van der Waals surface area contributed by atoms with Crippen LogP contribution in [0.4, 0.5) is 17.1 Å². The van der Waals surface area contributed by atoms with Gasteiger partial charge in [-0.3, -0.25) is 0 Å². The first-order valence-corrected chi connectivity index (χ1v) is 21.1. The summed E-state index contributed by atoms with van der Waals surface area (Å²) in [4.78, 5) is 0. The molecule has 0 aliphatic carbocycles. The number of nitrogen functional groups attached to an aromatic ring is 3. The molecule has 3 heterocycles. The fourth-order valence-electron chi connectivity index (χ4n) is 8.21. The number of para-hydroxylation sites is 3. The molecule has 0 saturated carbocycles. The number of fused-ring (bicyclic) bond motifs is 3. The number of aryl methyl sites for hydroxylation is 2. The lowest BCUT2D eigenvalue weighted by Gasteiger charge is -2.08. The van der Waals surface area contributed by atoms with Crippen LogP contribution in [0, 0.1) is 6.92 Å². The van der Waals surface area contributed by atoms with Gasteiger partial charge in [0.15, 0.2) is 31.2 Å². The van der Waals surface area contributed by atoms with Crippen LogP contribution >= 0.6 is 48.0 Å². The zero-order valence-corrected chi connectivity index (χ0v) is 46.7. The highest BCUT2D eigenvalue weighted by atomic mass is 127. The van der Waals surface area contributed by atoms with Gasteiger partial charge in [-0.05, 0) is 47.9 Å². The Kier molecular flexibility index (Phi) is 27.1. The molecule has 342 valence electrons. The normalized spacial score (nSPS) is 10.2. The minimum atomic E-state index is 0. The summed E-state index contributed by atoms with van der Waals surface area (Å²) in [7, 11) is 0. The first kappa shape index (κ1) is 58.9. The van der Waals surface area contributed by atoms with Crippen LogP contribution in [-0.2, 0) is 19.6 Å². The lowest BCUT2D eigenvalue weighted by molar-refractivity contribution is -0.677. The second-order valence-corrected chi connectivity index (χ2v) is 15.6. The molecule has 0 spiro atoms. The first-order chi connectivity index (χ1) is 28.4. The van der Waals surface area contributed by atoms with E-state index in [1.165, 1.54) is 90.2 Å². The van der Waals surface area contributed by atoms with Gasteiger partial charge >= 0.3 is 0 Å². The van der Waals surface area contributed by atoms with Crippen LogP contribution < -0.4 is 88.8 Å². The standard InChI is InChI=1S/C32H26N4.C20H30N2.2BrH.3HI.H2O/c33-29-15-17-35(31-13-3-1-11-27(29)31)21-23-7-5-9-25(19-23)26-10-6-8-24(20-26)22-36-18-16-30(34)28-12-2-4-14-32(28)36;1-3-4-5-6-7-8-9-12-15-22-17(2)16-19(21)18-13-10-11-14-20(18)22;;;;;;/h1-20,33-34H,21-22H2;10-11,13-14,16,21H,3-9,12,15H2,1-2H3;5*1H;1H2. The third-order valence-electron chi connectivity index (χ3n) is 11.3. The largest absolute Gasteiger partial charge is 1.00 e. The molecule has 0 bridgehead atoms. The van der Waals surface area contributed by atoms with Gasteiger partial charge in [0, 0.05) is 60.9 Å². The van der Waals surface area contributed by atoms with E-state index in [-0.39, 0.29) is 111 Å². The average molecular weight is 1330 g/mol. The monoisotopic (exact) mass is 1330 g/mol. The summed E-state index contributed by atoms with van der Waals surface area (Å²) in [6.45, 7) is 7.09. The minimum absolute atomic E-state index is 0. The number of hydrogen-bond donors (Lipinski definition) is 3. The van der Waals surface area contributed by atoms with Crippen molar-refractivity contribution in [2.45, 2.75) is 84.8 Å². The van der Waals surface area contributed by atoms with E-state index in [0.717, 1.165) is 58.5 Å². The molecule has 0 radical (unpaired) electrons. The van der Waals surface area contributed by atoms with Crippen LogP contribution in [0.15, 0.2) is 152 Å². The molecule has 0 amide bonds. The maximum absolute atomic E-state index is 6.20. The van der Waals surface area contributed by atoms with Crippen molar-refractivity contribution in [3.05, 3.63) is 169 Å². The topological polar surface area (TPSA) is 121 Å². The number of hydrogen-bond acceptors (Lipinski definition) is 3. The molecule has 8 aromatic rings. The number of aromatic nitrogens is 3. The molecule has 3 aromatic heterocycles. The Balaban J connectivity index is 0.000000644. The van der Waals surface area contributed by atoms with Crippen molar-refractivity contribution in [3.8, 4) is 11.1 Å². The number of rotatable bonds is 14. The number of nitrogens with zero attached hydrogens (tertiary/aromatic N) is 3. The fraction of sp³-hybridized carbons (Fsp3) is 0.250. The Bertz CT molecular complexity index is 2540. The van der Waals surface area contributed by atoms with Gasteiger partial charge in [0.05, 0.1) is 33.2 Å². The first-order valence-electron chi connectivity index (χ1n) is 21.1. The Hall–Kier alpha value is -3.16. The van der Waals surface area contributed by atoms with E-state index in [0.29, 0.717) is 0 Å². The van der Waals surface area contributed by atoms with Gasteiger partial charge in [-0.25, -0.2) is 0 Å². The Morgan fingerprint density at radius 3 is 1.33 bits per heavy atom. The van der Waals surface area contributed by atoms with Crippen molar-refractivity contribution in [1.29, 1.82) is 0 Å². The number of pyridine rings is 3. The highest BCUT2D eigenvalue weighted by molar-refractivity contribution is 14.0. The summed E-state index contributed by atoms with van der Waals surface area (Å²) < 4.78 is 6.93. The van der Waals surface area contributed by atoms with Gasteiger partial charge in [0.1, 0.15) is 6.54 Å². The average Bonchev–Trinajstić information content (AvgIpc) is 3.25. The lowest BCUT2D eigenvalue weighted by atomic mass is 10.0. The van der Waals surface area contributed by atoms with E-state index in [1.54, 1.807) is 0 Å². The summed E-state index contributed by atoms with van der Waals surface area (Å²) in [5.74, 6) is 0. The summed E-state index contributed by atoms with van der Waals surface area (Å²) in [5.41, 5.74) is 30.8. The highest BCUT2D eigenvalue weighted by Gasteiger charge is 2.16. The molecule has 5 aromatic carbocycles. The zero-order chi connectivity index (χ0) is 40.3. The number of unbranched alkanes of at least 4 members (excludes halogenated alkanes) is 7. The molecule has 8 rings (SSSR count). The second-order valence-electron chi connectivity index (χ2n) is 15.6. The smallest absolute Gasteiger partial charge is 0.214 e. The van der Waals surface area contributed by atoms with E-state index in [9.17, 15) is 0 Å². The van der Waals surface area contributed by atoms with Crippen molar-refractivity contribution in [2.24, 2.45) is 0 Å². The van der Waals surface area contributed by atoms with Gasteiger partial charge in [0.25, 0.3) is 0 Å². The molecule has 0 aliphatic heterocycles. The summed E-state index contributed by atoms with van der Waals surface area (Å²) in [6, 6.07) is 48.7. The maximum Gasteiger partial charge on any atom is 0.214 e. The van der Waals surface area contributed by atoms with Crippen molar-refractivity contribution < 1.29 is 77.1 Å². The molecule has 12 heteroatoms. The fourth-order valence-corrected chi connectivity index (χ4v) is 8.21. The van der Waals surface area contributed by atoms with Crippen molar-refractivity contribution in [3.63, 3.8) is 0 Å². The summed E-state index contributed by atoms with van der Waals surface area (Å²) in [6.07, 6.45) is 15.0. The van der Waals surface area contributed by atoms with Gasteiger partial charge in [-0.1, -0.05) is 118 Å². The Morgan fingerprint density at radius 2 is 0.859 bits per heavy atom. The lowest BCUT2D eigenvalue weighted by Crippen LogP contribution is -3.00. The van der Waals surface area contributed by atoms with E-state index >= 15 is 0 Å². The molecule has 0 saturated heterocycles. The number of nitrogens with two attached hydrogens (primary N) is 3. The molecular weight excluding hydrogens is 1270 g/mol. The number of halogens is 5. The van der Waals surface area contributed by atoms with Crippen LogP contribution in [-0.4, -0.2) is 5.48 Å². The van der Waals surface area contributed by atoms with E-state index in [4.69, 9.17) is 17.2 Å². The third kappa shape index (κ3) is 15.2. The number of anilines is 3. The molecule has 0 unspecified atom stereocenters. The van der Waals surface area contributed by atoms with E-state index in [2.05, 4.69) is 155 Å². The maximum atomic E-state index is 6.20. The predicted octanol–water partition coefficient (Wildman–Crippen LogP) is 2.08. The molecule has 0 aliphatic rings. The third-order valence-corrected chi connectivity index (χ3v) is 11.3. The van der Waals surface area contributed by atoms with Gasteiger partial charge in [-0.2, -0.15) is 13.7 Å². The SMILES string of the molecule is CCCCCCCCCC[n+]1c(C)cc(N)c2ccccc21.I.I.Nc1cc[n+](Cc2cccc(-c3cccc(C[n+]4ccc(N)c5ccccc54)c3)c2)c2ccccc12.O.[Br-].[Br-].[I-]. The van der Waals surface area contributed by atoms with Crippen LogP contribution in [0.1, 0.15) is 75.1 Å². The predicted molar refractivity (Wildman–Crippen MR) is 278 cm³/mol. The van der Waals surface area contributed by atoms with Crippen molar-refractivity contribution in [1.82, 2.24) is 0 Å². The molecule has 8 N–H and O–H groups in total. The Labute approximate surface area is 452 Å². The Morgan fingerprint density at radius 1 is 0.453 bits per heavy atom. The van der Waals surface area contributed by atoms with Gasteiger partial charge < -0.3 is 80.6 Å². The summed E-state index contributed by atoms with van der Waals surface area (Å²) >= 11 is 0. The van der Waals surface area contributed by atoms with E-state index in [1.807, 2.05) is 24.3 Å². The van der Waals surface area contributed by atoms with E-state index < -0.39 is 0 Å². The second kappa shape index (κ2) is 29.5. The molecule has 7 nitrogen and oxygen atoms in total. The zero-order valence-electron chi connectivity index (χ0n) is 36.7. The molecule has 0 fully saturated rings. The quantitative estimate of drug-likeness (QED) is 0.0880. The minimum Gasteiger partial charge on any atom is -1.00 e. The number of benzene rings is 5. The van der Waals surface area contributed by atoms with Crippen molar-refractivity contribution in [2.75, 3.05) is 17.2 Å². The van der Waals surface area contributed by atoms with Crippen LogP contribution in [0.25, 0.3) is 43.8 Å². The summed E-state index contributed by atoms with van der Waals surface area (Å²) in [5, 5.41) is 3.33. The molecule has 64 heavy (non-hydrogen) atoms. The molecular formula is C52H63Br2I3N6O.